The number of rotatable bonds is 4. The van der Waals surface area contributed by atoms with Crippen LogP contribution in [0.15, 0.2) is 24.3 Å². The number of imide groups is 1. The maximum atomic E-state index is 12.9. The summed E-state index contributed by atoms with van der Waals surface area (Å²) in [6.45, 7) is 4.54. The van der Waals surface area contributed by atoms with Crippen LogP contribution in [0.1, 0.15) is 32.4 Å². The van der Waals surface area contributed by atoms with Crippen LogP contribution in [0, 0.1) is 5.82 Å². The number of hydrogen-bond donors (Lipinski definition) is 2. The Balaban J connectivity index is 1.97. The van der Waals surface area contributed by atoms with Crippen LogP contribution >= 0.6 is 0 Å². The number of halogens is 1. The number of benzene rings is 1. The molecule has 1 atom stereocenters. The molecular weight excluding hydrogens is 289 g/mol. The molecule has 0 unspecified atom stereocenters. The highest BCUT2D eigenvalue weighted by molar-refractivity contribution is 6.08. The zero-order valence-electron chi connectivity index (χ0n) is 12.6. The molecule has 1 aliphatic heterocycles. The molecule has 0 bridgehead atoms. The molecule has 118 valence electrons. The summed E-state index contributed by atoms with van der Waals surface area (Å²) in [7, 11) is 0. The lowest BCUT2D eigenvalue weighted by molar-refractivity contribution is -0.134. The van der Waals surface area contributed by atoms with Crippen LogP contribution in [0.2, 0.25) is 0 Å². The molecule has 1 aromatic rings. The van der Waals surface area contributed by atoms with E-state index in [-0.39, 0.29) is 18.4 Å². The SMILES string of the molecule is C[C@H](NC(=O)CN1C(=O)NC(C)(C)C1=O)c1ccc(F)cc1. The predicted octanol–water partition coefficient (Wildman–Crippen LogP) is 1.33. The van der Waals surface area contributed by atoms with Crippen molar-refractivity contribution in [2.45, 2.75) is 32.4 Å². The minimum atomic E-state index is -1.00. The molecular formula is C15H18FN3O3. The summed E-state index contributed by atoms with van der Waals surface area (Å²) in [5, 5.41) is 5.18. The molecule has 0 saturated carbocycles. The van der Waals surface area contributed by atoms with Crippen molar-refractivity contribution in [3.63, 3.8) is 0 Å². The highest BCUT2D eigenvalue weighted by atomic mass is 19.1. The number of hydrogen-bond acceptors (Lipinski definition) is 3. The Bertz CT molecular complexity index is 613. The molecule has 0 aromatic heterocycles. The van der Waals surface area contributed by atoms with E-state index in [0.29, 0.717) is 0 Å². The average molecular weight is 307 g/mol. The molecule has 2 N–H and O–H groups in total. The van der Waals surface area contributed by atoms with Gasteiger partial charge in [-0.2, -0.15) is 0 Å². The van der Waals surface area contributed by atoms with Crippen LogP contribution in [0.4, 0.5) is 9.18 Å². The van der Waals surface area contributed by atoms with E-state index in [4.69, 9.17) is 0 Å². The molecule has 1 heterocycles. The van der Waals surface area contributed by atoms with Crippen LogP contribution in [0.25, 0.3) is 0 Å². The Morgan fingerprint density at radius 3 is 2.41 bits per heavy atom. The minimum Gasteiger partial charge on any atom is -0.348 e. The van der Waals surface area contributed by atoms with Crippen LogP contribution in [-0.4, -0.2) is 34.8 Å². The largest absolute Gasteiger partial charge is 0.348 e. The summed E-state index contributed by atoms with van der Waals surface area (Å²) in [6, 6.07) is 4.80. The van der Waals surface area contributed by atoms with Gasteiger partial charge in [-0.3, -0.25) is 14.5 Å². The van der Waals surface area contributed by atoms with Crippen molar-refractivity contribution in [1.29, 1.82) is 0 Å². The van der Waals surface area contributed by atoms with E-state index in [9.17, 15) is 18.8 Å². The number of nitrogens with zero attached hydrogens (tertiary/aromatic N) is 1. The second-order valence-corrected chi connectivity index (χ2v) is 5.79. The van der Waals surface area contributed by atoms with E-state index in [0.717, 1.165) is 10.5 Å². The summed E-state index contributed by atoms with van der Waals surface area (Å²) < 4.78 is 12.9. The van der Waals surface area contributed by atoms with Gasteiger partial charge in [-0.1, -0.05) is 12.1 Å². The molecule has 7 heteroatoms. The molecule has 2 rings (SSSR count). The Morgan fingerprint density at radius 1 is 1.32 bits per heavy atom. The predicted molar refractivity (Wildman–Crippen MR) is 77.3 cm³/mol. The smallest absolute Gasteiger partial charge is 0.325 e. The van der Waals surface area contributed by atoms with E-state index < -0.39 is 23.4 Å². The third-order valence-corrected chi connectivity index (χ3v) is 3.49. The Labute approximate surface area is 127 Å². The van der Waals surface area contributed by atoms with E-state index in [2.05, 4.69) is 10.6 Å². The third kappa shape index (κ3) is 3.24. The van der Waals surface area contributed by atoms with Gasteiger partial charge in [-0.05, 0) is 38.5 Å². The fourth-order valence-corrected chi connectivity index (χ4v) is 2.23. The van der Waals surface area contributed by atoms with E-state index in [1.54, 1.807) is 32.9 Å². The van der Waals surface area contributed by atoms with Crippen molar-refractivity contribution in [1.82, 2.24) is 15.5 Å². The van der Waals surface area contributed by atoms with Crippen LogP contribution in [0.3, 0.4) is 0 Å². The molecule has 1 aliphatic rings. The van der Waals surface area contributed by atoms with Gasteiger partial charge < -0.3 is 10.6 Å². The lowest BCUT2D eigenvalue weighted by Gasteiger charge is -2.18. The van der Waals surface area contributed by atoms with Crippen molar-refractivity contribution >= 4 is 17.8 Å². The number of carbonyl (C=O) groups excluding carboxylic acids is 3. The fourth-order valence-electron chi connectivity index (χ4n) is 2.23. The van der Waals surface area contributed by atoms with Crippen molar-refractivity contribution in [2.75, 3.05) is 6.54 Å². The highest BCUT2D eigenvalue weighted by Crippen LogP contribution is 2.17. The zero-order chi connectivity index (χ0) is 16.5. The molecule has 22 heavy (non-hydrogen) atoms. The first-order valence-corrected chi connectivity index (χ1v) is 6.89. The normalized spacial score (nSPS) is 18.1. The van der Waals surface area contributed by atoms with Gasteiger partial charge in [0.15, 0.2) is 0 Å². The average Bonchev–Trinajstić information content (AvgIpc) is 2.61. The zero-order valence-corrected chi connectivity index (χ0v) is 12.6. The Kier molecular flexibility index (Phi) is 4.16. The summed E-state index contributed by atoms with van der Waals surface area (Å²) in [5.74, 6) is -1.26. The standard InChI is InChI=1S/C15H18FN3O3/c1-9(10-4-6-11(16)7-5-10)17-12(20)8-19-13(21)15(2,3)18-14(19)22/h4-7,9H,8H2,1-3H3,(H,17,20)(H,18,22)/t9-/m0/s1. The van der Waals surface area contributed by atoms with E-state index >= 15 is 0 Å². The minimum absolute atomic E-state index is 0.348. The molecule has 0 radical (unpaired) electrons. The summed E-state index contributed by atoms with van der Waals surface area (Å²) >= 11 is 0. The molecule has 0 aliphatic carbocycles. The van der Waals surface area contributed by atoms with Gasteiger partial charge in [-0.15, -0.1) is 0 Å². The van der Waals surface area contributed by atoms with Gasteiger partial charge in [-0.25, -0.2) is 9.18 Å². The molecule has 1 fully saturated rings. The maximum absolute atomic E-state index is 12.9. The van der Waals surface area contributed by atoms with Crippen LogP contribution in [0.5, 0.6) is 0 Å². The fraction of sp³-hybridized carbons (Fsp3) is 0.400. The van der Waals surface area contributed by atoms with Gasteiger partial charge in [0, 0.05) is 0 Å². The number of urea groups is 1. The van der Waals surface area contributed by atoms with E-state index in [1.165, 1.54) is 12.1 Å². The summed E-state index contributed by atoms with van der Waals surface area (Å²) in [5.41, 5.74) is -0.271. The van der Waals surface area contributed by atoms with Crippen LogP contribution < -0.4 is 10.6 Å². The lowest BCUT2D eigenvalue weighted by atomic mass is 10.1. The van der Waals surface area contributed by atoms with Gasteiger partial charge in [0.1, 0.15) is 17.9 Å². The second-order valence-electron chi connectivity index (χ2n) is 5.79. The molecule has 0 spiro atoms. The number of nitrogens with one attached hydrogen (secondary N) is 2. The summed E-state index contributed by atoms with van der Waals surface area (Å²) in [4.78, 5) is 36.6. The Morgan fingerprint density at radius 2 is 1.91 bits per heavy atom. The molecule has 6 nitrogen and oxygen atoms in total. The van der Waals surface area contributed by atoms with Gasteiger partial charge in [0.2, 0.25) is 5.91 Å². The number of amides is 4. The topological polar surface area (TPSA) is 78.5 Å². The quantitative estimate of drug-likeness (QED) is 0.824. The van der Waals surface area contributed by atoms with Crippen molar-refractivity contribution < 1.29 is 18.8 Å². The first-order valence-electron chi connectivity index (χ1n) is 6.89. The van der Waals surface area contributed by atoms with Gasteiger partial charge in [0.25, 0.3) is 5.91 Å². The van der Waals surface area contributed by atoms with E-state index in [1.807, 2.05) is 0 Å². The molecule has 1 saturated heterocycles. The Hall–Kier alpha value is -2.44. The van der Waals surface area contributed by atoms with Crippen LogP contribution in [-0.2, 0) is 9.59 Å². The highest BCUT2D eigenvalue weighted by Gasteiger charge is 2.44. The van der Waals surface area contributed by atoms with Crippen molar-refractivity contribution in [3.8, 4) is 0 Å². The van der Waals surface area contributed by atoms with Crippen molar-refractivity contribution in [3.05, 3.63) is 35.6 Å². The summed E-state index contributed by atoms with van der Waals surface area (Å²) in [6.07, 6.45) is 0. The molecule has 4 amide bonds. The van der Waals surface area contributed by atoms with Gasteiger partial charge in [0.05, 0.1) is 6.04 Å². The lowest BCUT2D eigenvalue weighted by Crippen LogP contribution is -2.43. The third-order valence-electron chi connectivity index (χ3n) is 3.49. The van der Waals surface area contributed by atoms with Gasteiger partial charge >= 0.3 is 6.03 Å². The number of carbonyl (C=O) groups is 3. The monoisotopic (exact) mass is 307 g/mol. The van der Waals surface area contributed by atoms with Crippen molar-refractivity contribution in [2.24, 2.45) is 0 Å². The molecule has 1 aromatic carbocycles. The second kappa shape index (κ2) is 5.75. The first kappa shape index (κ1) is 15.9. The first-order chi connectivity index (χ1) is 10.2. The maximum Gasteiger partial charge on any atom is 0.325 e.